The maximum absolute atomic E-state index is 10.9. The van der Waals surface area contributed by atoms with E-state index >= 15 is 0 Å². The Morgan fingerprint density at radius 3 is 1.78 bits per heavy atom. The molecule has 136 valence electrons. The fraction of sp³-hybridized carbons (Fsp3) is 0.938. The van der Waals surface area contributed by atoms with Crippen LogP contribution in [0.4, 0.5) is 0 Å². The number of aliphatic hydroxyl groups is 2. The van der Waals surface area contributed by atoms with Crippen LogP contribution >= 0.6 is 0 Å². The normalized spacial score (nSPS) is 24.4. The average molecular weight is 330 g/mol. The van der Waals surface area contributed by atoms with Crippen molar-refractivity contribution in [1.82, 2.24) is 15.1 Å². The standard InChI is InChI=1S/C9H18N2O2.C7H16N2O/c1-8(13)10-9(7-12)3-5-11(2)6-4-9;1-9-4-2-7(8,6-10)3-5-9/h12H,3-7H2,1-2H3,(H,10,13);10H,2-6,8H2,1H3. The molecule has 2 aliphatic heterocycles. The van der Waals surface area contributed by atoms with Crippen LogP contribution < -0.4 is 11.1 Å². The van der Waals surface area contributed by atoms with E-state index in [4.69, 9.17) is 10.8 Å². The van der Waals surface area contributed by atoms with Gasteiger partial charge in [0, 0.05) is 25.6 Å². The summed E-state index contributed by atoms with van der Waals surface area (Å²) < 4.78 is 0. The monoisotopic (exact) mass is 330 g/mol. The molecule has 0 aliphatic carbocycles. The highest BCUT2D eigenvalue weighted by atomic mass is 16.3. The molecule has 0 aromatic heterocycles. The number of nitrogens with zero attached hydrogens (tertiary/aromatic N) is 2. The zero-order chi connectivity index (χ0) is 17.5. The summed E-state index contributed by atoms with van der Waals surface area (Å²) in [4.78, 5) is 15.4. The number of amides is 1. The average Bonchev–Trinajstić information content (AvgIpc) is 2.53. The van der Waals surface area contributed by atoms with Crippen molar-refractivity contribution >= 4 is 5.91 Å². The predicted octanol–water partition coefficient (Wildman–Crippen LogP) is -1.02. The van der Waals surface area contributed by atoms with Crippen molar-refractivity contribution in [3.63, 3.8) is 0 Å². The number of likely N-dealkylation sites (tertiary alicyclic amines) is 2. The largest absolute Gasteiger partial charge is 0.394 e. The van der Waals surface area contributed by atoms with E-state index in [1.807, 2.05) is 0 Å². The minimum absolute atomic E-state index is 0.0421. The van der Waals surface area contributed by atoms with Crippen LogP contribution in [0.25, 0.3) is 0 Å². The van der Waals surface area contributed by atoms with Gasteiger partial charge in [-0.1, -0.05) is 0 Å². The Balaban J connectivity index is 0.000000238. The number of aliphatic hydroxyl groups excluding tert-OH is 2. The summed E-state index contributed by atoms with van der Waals surface area (Å²) in [7, 11) is 4.13. The second-order valence-electron chi connectivity index (χ2n) is 7.25. The zero-order valence-corrected chi connectivity index (χ0v) is 14.8. The van der Waals surface area contributed by atoms with Gasteiger partial charge in [-0.05, 0) is 52.9 Å². The van der Waals surface area contributed by atoms with Gasteiger partial charge in [-0.25, -0.2) is 0 Å². The van der Waals surface area contributed by atoms with Crippen molar-refractivity contribution in [2.45, 2.75) is 43.7 Å². The lowest BCUT2D eigenvalue weighted by atomic mass is 9.88. The van der Waals surface area contributed by atoms with E-state index in [-0.39, 0.29) is 30.2 Å². The quantitative estimate of drug-likeness (QED) is 0.528. The molecule has 2 rings (SSSR count). The van der Waals surface area contributed by atoms with Gasteiger partial charge in [0.2, 0.25) is 5.91 Å². The first-order valence-electron chi connectivity index (χ1n) is 8.41. The first kappa shape index (κ1) is 20.3. The summed E-state index contributed by atoms with van der Waals surface area (Å²) in [5, 5.41) is 21.0. The van der Waals surface area contributed by atoms with E-state index in [9.17, 15) is 9.90 Å². The number of carbonyl (C=O) groups excluding carboxylic acids is 1. The molecule has 7 heteroatoms. The Bertz CT molecular complexity index is 362. The molecule has 1 amide bonds. The minimum Gasteiger partial charge on any atom is -0.394 e. The number of rotatable bonds is 3. The lowest BCUT2D eigenvalue weighted by Gasteiger charge is -2.39. The van der Waals surface area contributed by atoms with E-state index in [1.54, 1.807) is 0 Å². The van der Waals surface area contributed by atoms with E-state index < -0.39 is 0 Å². The van der Waals surface area contributed by atoms with E-state index in [0.29, 0.717) is 0 Å². The van der Waals surface area contributed by atoms with Crippen LogP contribution in [-0.4, -0.2) is 90.5 Å². The van der Waals surface area contributed by atoms with Crippen molar-refractivity contribution in [2.75, 3.05) is 53.5 Å². The minimum atomic E-state index is -0.363. The fourth-order valence-electron chi connectivity index (χ4n) is 2.96. The Kier molecular flexibility index (Phi) is 7.89. The Hall–Kier alpha value is -0.730. The van der Waals surface area contributed by atoms with Crippen LogP contribution in [0.2, 0.25) is 0 Å². The van der Waals surface area contributed by atoms with Crippen LogP contribution in [0.1, 0.15) is 32.6 Å². The summed E-state index contributed by atoms with van der Waals surface area (Å²) >= 11 is 0. The van der Waals surface area contributed by atoms with Gasteiger partial charge in [0.05, 0.1) is 18.8 Å². The maximum Gasteiger partial charge on any atom is 0.217 e. The Morgan fingerprint density at radius 1 is 1.00 bits per heavy atom. The summed E-state index contributed by atoms with van der Waals surface area (Å²) in [5.74, 6) is -0.0568. The number of nitrogens with two attached hydrogens (primary N) is 1. The van der Waals surface area contributed by atoms with Crippen molar-refractivity contribution in [1.29, 1.82) is 0 Å². The van der Waals surface area contributed by atoms with Crippen molar-refractivity contribution in [3.8, 4) is 0 Å². The lowest BCUT2D eigenvalue weighted by Crippen LogP contribution is -2.56. The van der Waals surface area contributed by atoms with Gasteiger partial charge < -0.3 is 31.1 Å². The first-order valence-corrected chi connectivity index (χ1v) is 8.41. The predicted molar refractivity (Wildman–Crippen MR) is 91.1 cm³/mol. The van der Waals surface area contributed by atoms with Crippen LogP contribution in [0.15, 0.2) is 0 Å². The van der Waals surface area contributed by atoms with Crippen molar-refractivity contribution < 1.29 is 15.0 Å². The third-order valence-corrected chi connectivity index (χ3v) is 4.99. The summed E-state index contributed by atoms with van der Waals surface area (Å²) in [6.07, 6.45) is 3.50. The maximum atomic E-state index is 10.9. The molecule has 2 fully saturated rings. The molecule has 0 atom stereocenters. The molecule has 0 saturated carbocycles. The summed E-state index contributed by atoms with van der Waals surface area (Å²) in [6.45, 7) is 5.55. The van der Waals surface area contributed by atoms with Gasteiger partial charge >= 0.3 is 0 Å². The van der Waals surface area contributed by atoms with E-state index in [0.717, 1.165) is 51.9 Å². The Morgan fingerprint density at radius 2 is 1.43 bits per heavy atom. The van der Waals surface area contributed by atoms with Gasteiger partial charge in [0.15, 0.2) is 0 Å². The van der Waals surface area contributed by atoms with Gasteiger partial charge in [-0.15, -0.1) is 0 Å². The second-order valence-corrected chi connectivity index (χ2v) is 7.25. The van der Waals surface area contributed by atoms with E-state index in [2.05, 4.69) is 29.2 Å². The zero-order valence-electron chi connectivity index (χ0n) is 14.8. The lowest BCUT2D eigenvalue weighted by molar-refractivity contribution is -0.122. The summed E-state index contributed by atoms with van der Waals surface area (Å²) in [5.41, 5.74) is 5.20. The molecule has 0 aromatic rings. The van der Waals surface area contributed by atoms with Gasteiger partial charge in [0.1, 0.15) is 0 Å². The fourth-order valence-corrected chi connectivity index (χ4v) is 2.96. The molecule has 5 N–H and O–H groups in total. The topological polar surface area (TPSA) is 102 Å². The van der Waals surface area contributed by atoms with Crippen LogP contribution in [-0.2, 0) is 4.79 Å². The molecule has 23 heavy (non-hydrogen) atoms. The second kappa shape index (κ2) is 8.94. The molecule has 2 saturated heterocycles. The molecule has 0 radical (unpaired) electrons. The Labute approximate surface area is 139 Å². The molecular weight excluding hydrogens is 296 g/mol. The van der Waals surface area contributed by atoms with Gasteiger partial charge in [-0.3, -0.25) is 4.79 Å². The van der Waals surface area contributed by atoms with Crippen LogP contribution in [0.5, 0.6) is 0 Å². The van der Waals surface area contributed by atoms with Gasteiger partial charge in [0.25, 0.3) is 0 Å². The summed E-state index contributed by atoms with van der Waals surface area (Å²) in [6, 6.07) is 0. The highest BCUT2D eigenvalue weighted by molar-refractivity contribution is 5.73. The number of nitrogens with one attached hydrogen (secondary N) is 1. The third kappa shape index (κ3) is 6.73. The molecule has 0 spiro atoms. The molecule has 0 unspecified atom stereocenters. The van der Waals surface area contributed by atoms with Crippen LogP contribution in [0.3, 0.4) is 0 Å². The number of piperidine rings is 2. The van der Waals surface area contributed by atoms with Crippen LogP contribution in [0, 0.1) is 0 Å². The van der Waals surface area contributed by atoms with E-state index in [1.165, 1.54) is 6.92 Å². The molecule has 2 aliphatic rings. The molecular formula is C16H34N4O3. The highest BCUT2D eigenvalue weighted by Gasteiger charge is 2.33. The third-order valence-electron chi connectivity index (χ3n) is 4.99. The highest BCUT2D eigenvalue weighted by Crippen LogP contribution is 2.20. The number of hydrogen-bond donors (Lipinski definition) is 4. The molecule has 0 bridgehead atoms. The molecule has 0 aromatic carbocycles. The first-order chi connectivity index (χ1) is 10.7. The molecule has 7 nitrogen and oxygen atoms in total. The van der Waals surface area contributed by atoms with Crippen molar-refractivity contribution in [2.24, 2.45) is 5.73 Å². The van der Waals surface area contributed by atoms with Gasteiger partial charge in [-0.2, -0.15) is 0 Å². The molecule has 2 heterocycles. The SMILES string of the molecule is CC(=O)NC1(CO)CCN(C)CC1.CN1CCC(N)(CO)CC1. The number of carbonyl (C=O) groups is 1. The number of hydrogen-bond acceptors (Lipinski definition) is 6. The van der Waals surface area contributed by atoms with Crippen molar-refractivity contribution in [3.05, 3.63) is 0 Å². The smallest absolute Gasteiger partial charge is 0.217 e.